The second kappa shape index (κ2) is 7.50. The van der Waals surface area contributed by atoms with Gasteiger partial charge < -0.3 is 9.72 Å². The van der Waals surface area contributed by atoms with Crippen molar-refractivity contribution >= 4 is 17.2 Å². The number of aromatic nitrogens is 2. The standard InChI is InChI=1S/C21H17FN4O2/c22-18-7-5-15(6-8-18)17-11-19(20-23-9-10-26(20)13-17)24-12-14-1-3-16(4-2-14)21(27)25-28/h1-11,13,24,28H,12H2,(H,25,27). The molecule has 0 unspecified atom stereocenters. The van der Waals surface area contributed by atoms with Crippen molar-refractivity contribution in [1.29, 1.82) is 0 Å². The van der Waals surface area contributed by atoms with Gasteiger partial charge in [0.25, 0.3) is 5.91 Å². The van der Waals surface area contributed by atoms with Crippen LogP contribution in [0.3, 0.4) is 0 Å². The average molecular weight is 376 g/mol. The van der Waals surface area contributed by atoms with Gasteiger partial charge in [-0.3, -0.25) is 10.0 Å². The zero-order valence-corrected chi connectivity index (χ0v) is 14.8. The number of pyridine rings is 1. The van der Waals surface area contributed by atoms with E-state index in [-0.39, 0.29) is 5.82 Å². The summed E-state index contributed by atoms with van der Waals surface area (Å²) in [6, 6.07) is 15.2. The summed E-state index contributed by atoms with van der Waals surface area (Å²) in [6.45, 7) is 0.524. The first-order valence-electron chi connectivity index (χ1n) is 8.64. The Labute approximate surface area is 160 Å². The van der Waals surface area contributed by atoms with Gasteiger partial charge in [-0.2, -0.15) is 0 Å². The number of nitrogens with zero attached hydrogens (tertiary/aromatic N) is 2. The second-order valence-corrected chi connectivity index (χ2v) is 6.30. The van der Waals surface area contributed by atoms with Crippen molar-refractivity contribution in [1.82, 2.24) is 14.9 Å². The first-order chi connectivity index (χ1) is 13.6. The number of hydrogen-bond donors (Lipinski definition) is 3. The third-order valence-corrected chi connectivity index (χ3v) is 4.47. The SMILES string of the molecule is O=C(NO)c1ccc(CNc2cc(-c3ccc(F)cc3)cn3ccnc23)cc1. The van der Waals surface area contributed by atoms with Crippen LogP contribution in [0, 0.1) is 5.82 Å². The normalized spacial score (nSPS) is 10.8. The number of carbonyl (C=O) groups is 1. The number of hydroxylamine groups is 1. The molecular formula is C21H17FN4O2. The Morgan fingerprint density at radius 1 is 1.07 bits per heavy atom. The summed E-state index contributed by atoms with van der Waals surface area (Å²) < 4.78 is 15.1. The first-order valence-corrected chi connectivity index (χ1v) is 8.64. The molecule has 0 bridgehead atoms. The quantitative estimate of drug-likeness (QED) is 0.365. The summed E-state index contributed by atoms with van der Waals surface area (Å²) in [4.78, 5) is 15.8. The zero-order valence-electron chi connectivity index (χ0n) is 14.8. The minimum absolute atomic E-state index is 0.274. The van der Waals surface area contributed by atoms with E-state index in [0.29, 0.717) is 12.1 Å². The highest BCUT2D eigenvalue weighted by molar-refractivity contribution is 5.93. The van der Waals surface area contributed by atoms with Crippen molar-refractivity contribution in [2.75, 3.05) is 5.32 Å². The smallest absolute Gasteiger partial charge is 0.274 e. The maximum Gasteiger partial charge on any atom is 0.274 e. The number of nitrogens with one attached hydrogen (secondary N) is 2. The van der Waals surface area contributed by atoms with Crippen LogP contribution >= 0.6 is 0 Å². The molecule has 0 fully saturated rings. The number of fused-ring (bicyclic) bond motifs is 1. The molecule has 2 heterocycles. The molecule has 0 saturated heterocycles. The van der Waals surface area contributed by atoms with Crippen LogP contribution in [0.5, 0.6) is 0 Å². The first kappa shape index (κ1) is 17.7. The Morgan fingerprint density at radius 3 is 2.54 bits per heavy atom. The van der Waals surface area contributed by atoms with Gasteiger partial charge in [0.05, 0.1) is 5.69 Å². The lowest BCUT2D eigenvalue weighted by Gasteiger charge is -2.11. The van der Waals surface area contributed by atoms with E-state index >= 15 is 0 Å². The predicted octanol–water partition coefficient (Wildman–Crippen LogP) is 3.87. The van der Waals surface area contributed by atoms with Crippen LogP contribution < -0.4 is 10.8 Å². The molecule has 0 aliphatic rings. The molecular weight excluding hydrogens is 359 g/mol. The van der Waals surface area contributed by atoms with E-state index in [1.807, 2.05) is 35.0 Å². The van der Waals surface area contributed by atoms with Crippen molar-refractivity contribution in [2.45, 2.75) is 6.54 Å². The topological polar surface area (TPSA) is 78.7 Å². The van der Waals surface area contributed by atoms with Gasteiger partial charge in [-0.05, 0) is 41.5 Å². The van der Waals surface area contributed by atoms with Crippen LogP contribution in [0.25, 0.3) is 16.8 Å². The number of imidazole rings is 1. The van der Waals surface area contributed by atoms with E-state index in [4.69, 9.17) is 5.21 Å². The van der Waals surface area contributed by atoms with E-state index < -0.39 is 5.91 Å². The largest absolute Gasteiger partial charge is 0.378 e. The molecule has 4 rings (SSSR count). The number of amides is 1. The van der Waals surface area contributed by atoms with E-state index in [1.165, 1.54) is 12.1 Å². The van der Waals surface area contributed by atoms with Gasteiger partial charge in [0.1, 0.15) is 5.82 Å². The van der Waals surface area contributed by atoms with Gasteiger partial charge in [-0.1, -0.05) is 24.3 Å². The number of benzene rings is 2. The maximum absolute atomic E-state index is 13.2. The van der Waals surface area contributed by atoms with Crippen molar-refractivity contribution in [3.05, 3.63) is 90.1 Å². The van der Waals surface area contributed by atoms with Gasteiger partial charge in [0.2, 0.25) is 0 Å². The van der Waals surface area contributed by atoms with Crippen LogP contribution in [-0.4, -0.2) is 20.5 Å². The van der Waals surface area contributed by atoms with Crippen molar-refractivity contribution < 1.29 is 14.4 Å². The molecule has 2 aromatic heterocycles. The van der Waals surface area contributed by atoms with Gasteiger partial charge >= 0.3 is 0 Å². The highest BCUT2D eigenvalue weighted by Crippen LogP contribution is 2.26. The number of rotatable bonds is 5. The highest BCUT2D eigenvalue weighted by atomic mass is 19.1. The lowest BCUT2D eigenvalue weighted by atomic mass is 10.1. The van der Waals surface area contributed by atoms with E-state index in [2.05, 4.69) is 10.3 Å². The van der Waals surface area contributed by atoms with Crippen molar-refractivity contribution in [3.8, 4) is 11.1 Å². The fourth-order valence-corrected chi connectivity index (χ4v) is 3.00. The summed E-state index contributed by atoms with van der Waals surface area (Å²) in [7, 11) is 0. The minimum atomic E-state index is -0.550. The molecule has 3 N–H and O–H groups in total. The summed E-state index contributed by atoms with van der Waals surface area (Å²) in [5, 5.41) is 12.0. The minimum Gasteiger partial charge on any atom is -0.378 e. The molecule has 0 radical (unpaired) electrons. The van der Waals surface area contributed by atoms with E-state index in [9.17, 15) is 9.18 Å². The number of anilines is 1. The van der Waals surface area contributed by atoms with Gasteiger partial charge in [-0.25, -0.2) is 14.9 Å². The molecule has 140 valence electrons. The lowest BCUT2D eigenvalue weighted by molar-refractivity contribution is 0.0706. The molecule has 7 heteroatoms. The predicted molar refractivity (Wildman–Crippen MR) is 104 cm³/mol. The Kier molecular flexibility index (Phi) is 4.74. The molecule has 0 aliphatic heterocycles. The van der Waals surface area contributed by atoms with Gasteiger partial charge in [-0.15, -0.1) is 0 Å². The molecule has 0 spiro atoms. The molecule has 0 atom stereocenters. The summed E-state index contributed by atoms with van der Waals surface area (Å²) >= 11 is 0. The Hall–Kier alpha value is -3.71. The average Bonchev–Trinajstić information content (AvgIpc) is 3.21. The Balaban J connectivity index is 1.60. The third kappa shape index (κ3) is 3.56. The molecule has 2 aromatic carbocycles. The number of halogens is 1. The fraction of sp³-hybridized carbons (Fsp3) is 0.0476. The molecule has 1 amide bonds. The molecule has 0 saturated carbocycles. The van der Waals surface area contributed by atoms with Crippen LogP contribution in [0.2, 0.25) is 0 Å². The second-order valence-electron chi connectivity index (χ2n) is 6.30. The fourth-order valence-electron chi connectivity index (χ4n) is 3.00. The lowest BCUT2D eigenvalue weighted by Crippen LogP contribution is -2.18. The van der Waals surface area contributed by atoms with Crippen molar-refractivity contribution in [3.63, 3.8) is 0 Å². The Morgan fingerprint density at radius 2 is 1.82 bits per heavy atom. The zero-order chi connectivity index (χ0) is 19.5. The summed E-state index contributed by atoms with van der Waals surface area (Å²) in [5.41, 5.74) is 6.40. The van der Waals surface area contributed by atoms with Crippen molar-refractivity contribution in [2.24, 2.45) is 0 Å². The molecule has 28 heavy (non-hydrogen) atoms. The van der Waals surface area contributed by atoms with Crippen LogP contribution in [0.4, 0.5) is 10.1 Å². The maximum atomic E-state index is 13.2. The molecule has 6 nitrogen and oxygen atoms in total. The Bertz CT molecular complexity index is 1120. The molecule has 0 aliphatic carbocycles. The van der Waals surface area contributed by atoms with Crippen LogP contribution in [0.15, 0.2) is 73.2 Å². The number of hydrogen-bond acceptors (Lipinski definition) is 4. The van der Waals surface area contributed by atoms with Gasteiger partial charge in [0, 0.05) is 36.3 Å². The summed E-state index contributed by atoms with van der Waals surface area (Å²) in [6.07, 6.45) is 5.52. The van der Waals surface area contributed by atoms with E-state index in [0.717, 1.165) is 28.0 Å². The summed E-state index contributed by atoms with van der Waals surface area (Å²) in [5.74, 6) is -0.824. The van der Waals surface area contributed by atoms with Gasteiger partial charge in [0.15, 0.2) is 5.65 Å². The molecule has 4 aromatic rings. The van der Waals surface area contributed by atoms with Crippen LogP contribution in [0.1, 0.15) is 15.9 Å². The number of carbonyl (C=O) groups excluding carboxylic acids is 1. The monoisotopic (exact) mass is 376 g/mol. The van der Waals surface area contributed by atoms with E-state index in [1.54, 1.807) is 35.9 Å². The van der Waals surface area contributed by atoms with Crippen LogP contribution in [-0.2, 0) is 6.54 Å². The highest BCUT2D eigenvalue weighted by Gasteiger charge is 2.08. The third-order valence-electron chi connectivity index (χ3n) is 4.47.